The minimum atomic E-state index is -1.25. The molecule has 0 heterocycles. The van der Waals surface area contributed by atoms with Gasteiger partial charge in [0.2, 0.25) is 5.91 Å². The van der Waals surface area contributed by atoms with Gasteiger partial charge in [0, 0.05) is 0 Å². The molecule has 0 aliphatic carbocycles. The summed E-state index contributed by atoms with van der Waals surface area (Å²) in [7, 11) is 0. The van der Waals surface area contributed by atoms with Crippen molar-refractivity contribution in [3.8, 4) is 0 Å². The lowest BCUT2D eigenvalue weighted by Gasteiger charge is -2.27. The van der Waals surface area contributed by atoms with Gasteiger partial charge in [0.1, 0.15) is 12.2 Å². The van der Waals surface area contributed by atoms with Crippen LogP contribution in [0.25, 0.3) is 0 Å². The molecule has 6 nitrogen and oxygen atoms in total. The summed E-state index contributed by atoms with van der Waals surface area (Å²) in [4.78, 5) is 12.4. The molecule has 0 rings (SSSR count). The van der Waals surface area contributed by atoms with Gasteiger partial charge in [-0.25, -0.2) is 0 Å². The second-order valence-corrected chi connectivity index (χ2v) is 16.5. The zero-order valence-electron chi connectivity index (χ0n) is 35.1. The second-order valence-electron chi connectivity index (χ2n) is 16.5. The van der Waals surface area contributed by atoms with Crippen molar-refractivity contribution >= 4 is 5.91 Å². The van der Waals surface area contributed by atoms with Crippen molar-refractivity contribution in [3.05, 3.63) is 0 Å². The molecule has 0 aromatic heterocycles. The minimum absolute atomic E-state index is 0.374. The predicted octanol–water partition coefficient (Wildman–Crippen LogP) is 12.4. The van der Waals surface area contributed by atoms with Crippen molar-refractivity contribution in [1.82, 2.24) is 5.32 Å². The van der Waals surface area contributed by atoms with Crippen LogP contribution in [0.3, 0.4) is 0 Å². The van der Waals surface area contributed by atoms with Gasteiger partial charge < -0.3 is 25.7 Å². The van der Waals surface area contributed by atoms with E-state index < -0.39 is 36.9 Å². The topological polar surface area (TPSA) is 110 Å². The SMILES string of the molecule is CCCCCCCCCCCCCCCCCCCCCCCCCCCCC(O)C(O)C(CO)NC(=O)C(O)CCCCCCCCCCCC. The maximum Gasteiger partial charge on any atom is 0.249 e. The molecular formula is C46H93NO5. The van der Waals surface area contributed by atoms with E-state index in [0.29, 0.717) is 12.8 Å². The van der Waals surface area contributed by atoms with Crippen LogP contribution in [-0.2, 0) is 4.79 Å². The van der Waals surface area contributed by atoms with Crippen molar-refractivity contribution in [2.45, 2.75) is 282 Å². The fourth-order valence-electron chi connectivity index (χ4n) is 7.58. The number of carbonyl (C=O) groups excluding carboxylic acids is 1. The van der Waals surface area contributed by atoms with Crippen LogP contribution in [0.4, 0.5) is 0 Å². The molecule has 0 aromatic carbocycles. The normalized spacial score (nSPS) is 14.0. The zero-order valence-corrected chi connectivity index (χ0v) is 35.1. The lowest BCUT2D eigenvalue weighted by atomic mass is 9.99. The number of unbranched alkanes of at least 4 members (excludes halogenated alkanes) is 34. The van der Waals surface area contributed by atoms with Gasteiger partial charge in [0.25, 0.3) is 0 Å². The number of aliphatic hydroxyl groups excluding tert-OH is 4. The Balaban J connectivity index is 3.58. The molecule has 6 heteroatoms. The van der Waals surface area contributed by atoms with E-state index in [4.69, 9.17) is 0 Å². The number of amides is 1. The third-order valence-electron chi connectivity index (χ3n) is 11.3. The maximum atomic E-state index is 12.4. The number of hydrogen-bond donors (Lipinski definition) is 5. The molecule has 0 saturated heterocycles. The standard InChI is InChI=1S/C46H93NO5/c1-3-5-7-9-11-13-15-16-17-18-19-20-21-22-23-24-25-26-27-28-29-30-32-33-35-37-39-43(49)45(51)42(41-48)47-46(52)44(50)40-38-36-34-31-14-12-10-8-6-4-2/h42-45,48-51H,3-41H2,1-2H3,(H,47,52). The van der Waals surface area contributed by atoms with E-state index in [1.165, 1.54) is 193 Å². The van der Waals surface area contributed by atoms with Crippen molar-refractivity contribution in [1.29, 1.82) is 0 Å². The summed E-state index contributed by atoms with van der Waals surface area (Å²) in [6, 6.07) is -0.978. The molecule has 0 bridgehead atoms. The summed E-state index contributed by atoms with van der Waals surface area (Å²) >= 11 is 0. The lowest BCUT2D eigenvalue weighted by molar-refractivity contribution is -0.132. The van der Waals surface area contributed by atoms with Gasteiger partial charge in [-0.2, -0.15) is 0 Å². The Bertz CT molecular complexity index is 706. The molecule has 312 valence electrons. The van der Waals surface area contributed by atoms with E-state index in [-0.39, 0.29) is 0 Å². The van der Waals surface area contributed by atoms with Gasteiger partial charge in [-0.15, -0.1) is 0 Å². The van der Waals surface area contributed by atoms with Crippen molar-refractivity contribution < 1.29 is 25.2 Å². The monoisotopic (exact) mass is 740 g/mol. The quantitative estimate of drug-likeness (QED) is 0.0400. The van der Waals surface area contributed by atoms with E-state index in [9.17, 15) is 25.2 Å². The first kappa shape index (κ1) is 51.3. The number of nitrogens with one attached hydrogen (secondary N) is 1. The molecule has 5 N–H and O–H groups in total. The molecule has 0 aliphatic rings. The fraction of sp³-hybridized carbons (Fsp3) is 0.978. The Kier molecular flexibility index (Phi) is 40.9. The summed E-state index contributed by atoms with van der Waals surface area (Å²) in [6.07, 6.45) is 44.4. The van der Waals surface area contributed by atoms with Gasteiger partial charge in [0.05, 0.1) is 18.8 Å². The van der Waals surface area contributed by atoms with Crippen LogP contribution in [0, 0.1) is 0 Å². The van der Waals surface area contributed by atoms with Crippen LogP contribution in [0.1, 0.15) is 258 Å². The summed E-state index contributed by atoms with van der Waals surface area (Å²) in [5.74, 6) is -0.582. The highest BCUT2D eigenvalue weighted by Crippen LogP contribution is 2.18. The predicted molar refractivity (Wildman–Crippen MR) is 224 cm³/mol. The number of hydrogen-bond acceptors (Lipinski definition) is 5. The highest BCUT2D eigenvalue weighted by molar-refractivity contribution is 5.80. The van der Waals surface area contributed by atoms with Crippen LogP contribution in [-0.4, -0.2) is 57.3 Å². The molecule has 52 heavy (non-hydrogen) atoms. The van der Waals surface area contributed by atoms with E-state index in [2.05, 4.69) is 19.2 Å². The average molecular weight is 740 g/mol. The Labute approximate surface area is 324 Å². The molecule has 1 amide bonds. The average Bonchev–Trinajstić information content (AvgIpc) is 3.15. The molecule has 0 fully saturated rings. The van der Waals surface area contributed by atoms with Crippen molar-refractivity contribution in [2.24, 2.45) is 0 Å². The molecular weight excluding hydrogens is 647 g/mol. The highest BCUT2D eigenvalue weighted by Gasteiger charge is 2.28. The van der Waals surface area contributed by atoms with E-state index in [1.807, 2.05) is 0 Å². The number of carbonyl (C=O) groups is 1. The Morgan fingerprint density at radius 1 is 0.404 bits per heavy atom. The van der Waals surface area contributed by atoms with Crippen LogP contribution in [0.2, 0.25) is 0 Å². The number of aliphatic hydroxyl groups is 4. The van der Waals surface area contributed by atoms with E-state index in [0.717, 1.165) is 38.5 Å². The van der Waals surface area contributed by atoms with Crippen LogP contribution in [0.15, 0.2) is 0 Å². The van der Waals surface area contributed by atoms with E-state index >= 15 is 0 Å². The fourth-order valence-corrected chi connectivity index (χ4v) is 7.58. The second kappa shape index (κ2) is 41.5. The Morgan fingerprint density at radius 2 is 0.654 bits per heavy atom. The minimum Gasteiger partial charge on any atom is -0.394 e. The molecule has 4 unspecified atom stereocenters. The first-order chi connectivity index (χ1) is 25.5. The first-order valence-electron chi connectivity index (χ1n) is 23.4. The van der Waals surface area contributed by atoms with Gasteiger partial charge in [-0.1, -0.05) is 245 Å². The van der Waals surface area contributed by atoms with Gasteiger partial charge in [-0.3, -0.25) is 4.79 Å². The Morgan fingerprint density at radius 3 is 0.923 bits per heavy atom. The summed E-state index contributed by atoms with van der Waals surface area (Å²) in [5, 5.41) is 43.6. The summed E-state index contributed by atoms with van der Waals surface area (Å²) < 4.78 is 0. The third kappa shape index (κ3) is 35.0. The summed E-state index contributed by atoms with van der Waals surface area (Å²) in [5.41, 5.74) is 0. The number of rotatable bonds is 43. The molecule has 4 atom stereocenters. The first-order valence-corrected chi connectivity index (χ1v) is 23.4. The molecule has 0 aliphatic heterocycles. The lowest BCUT2D eigenvalue weighted by Crippen LogP contribution is -2.53. The van der Waals surface area contributed by atoms with Crippen LogP contribution >= 0.6 is 0 Å². The van der Waals surface area contributed by atoms with Gasteiger partial charge >= 0.3 is 0 Å². The third-order valence-corrected chi connectivity index (χ3v) is 11.3. The largest absolute Gasteiger partial charge is 0.394 e. The van der Waals surface area contributed by atoms with Crippen molar-refractivity contribution in [3.63, 3.8) is 0 Å². The molecule has 0 spiro atoms. The van der Waals surface area contributed by atoms with Crippen LogP contribution < -0.4 is 5.32 Å². The molecule has 0 aromatic rings. The zero-order chi connectivity index (χ0) is 38.2. The van der Waals surface area contributed by atoms with Gasteiger partial charge in [-0.05, 0) is 12.8 Å². The maximum absolute atomic E-state index is 12.4. The highest BCUT2D eigenvalue weighted by atomic mass is 16.3. The molecule has 0 saturated carbocycles. The van der Waals surface area contributed by atoms with E-state index in [1.54, 1.807) is 0 Å². The molecule has 0 radical (unpaired) electrons. The summed E-state index contributed by atoms with van der Waals surface area (Å²) in [6.45, 7) is 4.05. The smallest absolute Gasteiger partial charge is 0.249 e. The Hall–Kier alpha value is -0.690. The van der Waals surface area contributed by atoms with Crippen molar-refractivity contribution in [2.75, 3.05) is 6.61 Å². The van der Waals surface area contributed by atoms with Crippen LogP contribution in [0.5, 0.6) is 0 Å². The van der Waals surface area contributed by atoms with Gasteiger partial charge in [0.15, 0.2) is 0 Å².